The first-order valence-corrected chi connectivity index (χ1v) is 7.88. The molecule has 2 aromatic rings. The van der Waals surface area contributed by atoms with Gasteiger partial charge in [0.25, 0.3) is 0 Å². The zero-order chi connectivity index (χ0) is 15.0. The highest BCUT2D eigenvalue weighted by Gasteiger charge is 2.27. The van der Waals surface area contributed by atoms with Crippen molar-refractivity contribution in [2.75, 3.05) is 5.73 Å². The molecule has 0 atom stereocenters. The molecule has 4 nitrogen and oxygen atoms in total. The molecule has 0 unspecified atom stereocenters. The van der Waals surface area contributed by atoms with Gasteiger partial charge in [-0.15, -0.1) is 0 Å². The van der Waals surface area contributed by atoms with Gasteiger partial charge in [-0.1, -0.05) is 12.8 Å². The number of nitrogens with zero attached hydrogens (tertiary/aromatic N) is 3. The third kappa shape index (κ3) is 2.43. The minimum absolute atomic E-state index is 0.332. The summed E-state index contributed by atoms with van der Waals surface area (Å²) >= 11 is 0. The van der Waals surface area contributed by atoms with Gasteiger partial charge in [-0.25, -0.2) is 4.98 Å². The molecule has 2 N–H and O–H groups in total. The summed E-state index contributed by atoms with van der Waals surface area (Å²) in [7, 11) is 0. The molecule has 0 radical (unpaired) electrons. The van der Waals surface area contributed by atoms with Gasteiger partial charge < -0.3 is 10.3 Å². The number of nitrogens with two attached hydrogens (primary N) is 1. The second-order valence-corrected chi connectivity index (χ2v) is 6.34. The van der Waals surface area contributed by atoms with Crippen LogP contribution in [0.4, 0.5) is 5.82 Å². The predicted octanol–water partition coefficient (Wildman–Crippen LogP) is 4.07. The van der Waals surface area contributed by atoms with E-state index in [4.69, 9.17) is 10.7 Å². The summed E-state index contributed by atoms with van der Waals surface area (Å²) in [5, 5.41) is 0. The van der Waals surface area contributed by atoms with Gasteiger partial charge in [0, 0.05) is 29.9 Å². The van der Waals surface area contributed by atoms with Gasteiger partial charge in [0.15, 0.2) is 0 Å². The second kappa shape index (κ2) is 5.51. The Labute approximate surface area is 126 Å². The first-order chi connectivity index (χ1) is 10.1. The number of aryl methyl sites for hydroxylation is 1. The topological polar surface area (TPSA) is 56.7 Å². The van der Waals surface area contributed by atoms with Crippen LogP contribution in [-0.2, 0) is 0 Å². The van der Waals surface area contributed by atoms with Crippen LogP contribution in [0.25, 0.3) is 11.3 Å². The van der Waals surface area contributed by atoms with Gasteiger partial charge in [0.2, 0.25) is 0 Å². The molecule has 0 aromatic carbocycles. The van der Waals surface area contributed by atoms with Crippen molar-refractivity contribution < 1.29 is 0 Å². The highest BCUT2D eigenvalue weighted by Crippen LogP contribution is 2.39. The summed E-state index contributed by atoms with van der Waals surface area (Å²) in [6, 6.07) is 2.34. The highest BCUT2D eigenvalue weighted by atomic mass is 15.2. The summed E-state index contributed by atoms with van der Waals surface area (Å²) in [4.78, 5) is 9.18. The first kappa shape index (κ1) is 14.1. The smallest absolute Gasteiger partial charge is 0.132 e. The van der Waals surface area contributed by atoms with Gasteiger partial charge >= 0.3 is 0 Å². The minimum atomic E-state index is 0.332. The third-order valence-electron chi connectivity index (χ3n) is 4.51. The lowest BCUT2D eigenvalue weighted by molar-refractivity contribution is 0.534. The van der Waals surface area contributed by atoms with Crippen molar-refractivity contribution in [1.82, 2.24) is 14.5 Å². The van der Waals surface area contributed by atoms with Crippen molar-refractivity contribution in [1.29, 1.82) is 0 Å². The van der Waals surface area contributed by atoms with Crippen LogP contribution in [0.2, 0.25) is 0 Å². The van der Waals surface area contributed by atoms with E-state index in [0.29, 0.717) is 12.0 Å². The normalized spacial score (nSPS) is 16.0. The van der Waals surface area contributed by atoms with Crippen molar-refractivity contribution in [3.8, 4) is 11.3 Å². The number of imidazole rings is 1. The average molecular weight is 284 g/mol. The molecule has 1 saturated carbocycles. The van der Waals surface area contributed by atoms with Gasteiger partial charge in [0.1, 0.15) is 17.3 Å². The number of pyridine rings is 1. The maximum absolute atomic E-state index is 6.45. The largest absolute Gasteiger partial charge is 0.383 e. The predicted molar refractivity (Wildman–Crippen MR) is 86.2 cm³/mol. The molecule has 0 amide bonds. The maximum atomic E-state index is 6.45. The molecule has 3 rings (SSSR count). The number of anilines is 1. The second-order valence-electron chi connectivity index (χ2n) is 6.34. The highest BCUT2D eigenvalue weighted by molar-refractivity contribution is 5.73. The van der Waals surface area contributed by atoms with Gasteiger partial charge in [-0.05, 0) is 45.2 Å². The third-order valence-corrected chi connectivity index (χ3v) is 4.51. The number of nitrogen functional groups attached to an aromatic ring is 1. The standard InChI is InChI=1S/C17H24N4/c1-11(2)21-16(18)15(14-10-19-9-8-12(14)3)20-17(21)13-6-4-5-7-13/h8-11,13H,4-7,18H2,1-3H3. The van der Waals surface area contributed by atoms with E-state index in [-0.39, 0.29) is 0 Å². The van der Waals surface area contributed by atoms with E-state index in [1.165, 1.54) is 37.1 Å². The maximum Gasteiger partial charge on any atom is 0.132 e. The summed E-state index contributed by atoms with van der Waals surface area (Å²) in [5.74, 6) is 2.50. The SMILES string of the molecule is Cc1ccncc1-c1nc(C2CCCC2)n(C(C)C)c1N. The molecular weight excluding hydrogens is 260 g/mol. The van der Waals surface area contributed by atoms with Crippen LogP contribution in [0, 0.1) is 6.92 Å². The number of hydrogen-bond acceptors (Lipinski definition) is 3. The Balaban J connectivity index is 2.14. The summed E-state index contributed by atoms with van der Waals surface area (Å²) in [6.07, 6.45) is 8.75. The van der Waals surface area contributed by atoms with Crippen molar-refractivity contribution in [2.45, 2.75) is 58.4 Å². The molecule has 0 aliphatic heterocycles. The quantitative estimate of drug-likeness (QED) is 0.924. The Bertz CT molecular complexity index is 636. The Morgan fingerprint density at radius 3 is 2.62 bits per heavy atom. The fourth-order valence-corrected chi connectivity index (χ4v) is 3.39. The van der Waals surface area contributed by atoms with E-state index >= 15 is 0 Å². The number of aromatic nitrogens is 3. The molecule has 1 aliphatic carbocycles. The Morgan fingerprint density at radius 1 is 1.29 bits per heavy atom. The lowest BCUT2D eigenvalue weighted by Crippen LogP contribution is -2.11. The van der Waals surface area contributed by atoms with E-state index in [2.05, 4.69) is 30.3 Å². The van der Waals surface area contributed by atoms with Crippen molar-refractivity contribution in [2.24, 2.45) is 0 Å². The van der Waals surface area contributed by atoms with Crippen molar-refractivity contribution in [3.63, 3.8) is 0 Å². The minimum Gasteiger partial charge on any atom is -0.383 e. The lowest BCUT2D eigenvalue weighted by Gasteiger charge is -2.17. The molecular formula is C17H24N4. The van der Waals surface area contributed by atoms with Crippen LogP contribution < -0.4 is 5.73 Å². The molecule has 1 fully saturated rings. The fraction of sp³-hybridized carbons (Fsp3) is 0.529. The zero-order valence-electron chi connectivity index (χ0n) is 13.1. The van der Waals surface area contributed by atoms with Crippen molar-refractivity contribution >= 4 is 5.82 Å². The van der Waals surface area contributed by atoms with Gasteiger partial charge in [-0.3, -0.25) is 4.98 Å². The van der Waals surface area contributed by atoms with Crippen molar-refractivity contribution in [3.05, 3.63) is 29.8 Å². The van der Waals surface area contributed by atoms with Crippen LogP contribution in [0.5, 0.6) is 0 Å². The van der Waals surface area contributed by atoms with Crippen LogP contribution in [-0.4, -0.2) is 14.5 Å². The molecule has 2 heterocycles. The number of rotatable bonds is 3. The first-order valence-electron chi connectivity index (χ1n) is 7.88. The molecule has 1 aliphatic rings. The Kier molecular flexibility index (Phi) is 3.70. The monoisotopic (exact) mass is 284 g/mol. The van der Waals surface area contributed by atoms with Crippen LogP contribution in [0.1, 0.15) is 62.9 Å². The van der Waals surface area contributed by atoms with Crippen LogP contribution >= 0.6 is 0 Å². The molecule has 21 heavy (non-hydrogen) atoms. The summed E-state index contributed by atoms with van der Waals surface area (Å²) in [5.41, 5.74) is 9.56. The summed E-state index contributed by atoms with van der Waals surface area (Å²) in [6.45, 7) is 6.44. The van der Waals surface area contributed by atoms with E-state index in [1.54, 1.807) is 0 Å². The lowest BCUT2D eigenvalue weighted by atomic mass is 10.1. The molecule has 0 spiro atoms. The number of hydrogen-bond donors (Lipinski definition) is 1. The van der Waals surface area contributed by atoms with E-state index in [0.717, 1.165) is 17.1 Å². The Hall–Kier alpha value is -1.84. The summed E-state index contributed by atoms with van der Waals surface area (Å²) < 4.78 is 2.22. The fourth-order valence-electron chi connectivity index (χ4n) is 3.39. The molecule has 4 heteroatoms. The molecule has 112 valence electrons. The van der Waals surface area contributed by atoms with Crippen LogP contribution in [0.15, 0.2) is 18.5 Å². The van der Waals surface area contributed by atoms with Gasteiger partial charge in [-0.2, -0.15) is 0 Å². The van der Waals surface area contributed by atoms with Crippen LogP contribution in [0.3, 0.4) is 0 Å². The van der Waals surface area contributed by atoms with E-state index in [9.17, 15) is 0 Å². The Morgan fingerprint density at radius 2 is 2.00 bits per heavy atom. The molecule has 0 bridgehead atoms. The zero-order valence-corrected chi connectivity index (χ0v) is 13.1. The van der Waals surface area contributed by atoms with Gasteiger partial charge in [0.05, 0.1) is 0 Å². The van der Waals surface area contributed by atoms with E-state index < -0.39 is 0 Å². The van der Waals surface area contributed by atoms with E-state index in [1.807, 2.05) is 18.5 Å². The molecule has 2 aromatic heterocycles. The average Bonchev–Trinajstić information content (AvgIpc) is 3.06. The molecule has 0 saturated heterocycles.